The number of carbonyl (C=O) groups excluding carboxylic acids is 2. The lowest BCUT2D eigenvalue weighted by molar-refractivity contribution is -0.195. The number of benzene rings is 2. The average Bonchev–Trinajstić information content (AvgIpc) is 3.21. The fraction of sp³-hybridized carbons (Fsp3) is 0.448. The summed E-state index contributed by atoms with van der Waals surface area (Å²) in [5, 5.41) is 12.4. The number of likely N-dealkylation sites (N-methyl/N-ethyl adjacent to an activating group) is 2. The molecule has 2 heterocycles. The van der Waals surface area contributed by atoms with Crippen LogP contribution in [0.25, 0.3) is 6.08 Å². The zero-order valence-corrected chi connectivity index (χ0v) is 20.9. The molecular weight excluding hydrogens is 456 g/mol. The molecular formula is C29H32N2O5. The van der Waals surface area contributed by atoms with E-state index in [0.29, 0.717) is 37.2 Å². The maximum absolute atomic E-state index is 13.3. The molecule has 2 unspecified atom stereocenters. The zero-order chi connectivity index (χ0) is 25.2. The molecule has 7 heteroatoms. The van der Waals surface area contributed by atoms with E-state index in [1.807, 2.05) is 49.5 Å². The van der Waals surface area contributed by atoms with Crippen LogP contribution in [0.2, 0.25) is 0 Å². The van der Waals surface area contributed by atoms with Gasteiger partial charge >= 0.3 is 5.97 Å². The van der Waals surface area contributed by atoms with E-state index >= 15 is 0 Å². The largest absolute Gasteiger partial charge is 0.483 e. The maximum Gasteiger partial charge on any atom is 0.308 e. The highest BCUT2D eigenvalue weighted by atomic mass is 16.6. The highest BCUT2D eigenvalue weighted by molar-refractivity contribution is 5.92. The smallest absolute Gasteiger partial charge is 0.308 e. The van der Waals surface area contributed by atoms with Crippen LogP contribution in [-0.4, -0.2) is 71.2 Å². The van der Waals surface area contributed by atoms with E-state index < -0.39 is 23.1 Å². The molecule has 0 radical (unpaired) electrons. The van der Waals surface area contributed by atoms with Crippen molar-refractivity contribution in [3.63, 3.8) is 0 Å². The molecule has 2 bridgehead atoms. The summed E-state index contributed by atoms with van der Waals surface area (Å²) in [6, 6.07) is 13.3. The molecule has 1 saturated carbocycles. The molecule has 4 aliphatic rings. The third-order valence-corrected chi connectivity index (χ3v) is 9.00. The van der Waals surface area contributed by atoms with Crippen molar-refractivity contribution in [2.24, 2.45) is 0 Å². The molecule has 5 atom stereocenters. The van der Waals surface area contributed by atoms with Crippen molar-refractivity contribution < 1.29 is 24.2 Å². The van der Waals surface area contributed by atoms with E-state index in [9.17, 15) is 14.7 Å². The van der Waals surface area contributed by atoms with Gasteiger partial charge in [-0.1, -0.05) is 36.4 Å². The minimum absolute atomic E-state index is 0.0321. The lowest BCUT2D eigenvalue weighted by Crippen LogP contribution is -2.77. The fourth-order valence-corrected chi connectivity index (χ4v) is 7.36. The number of hydrogen-bond acceptors (Lipinski definition) is 6. The summed E-state index contributed by atoms with van der Waals surface area (Å²) < 4.78 is 12.2. The first-order valence-electron chi connectivity index (χ1n) is 12.7. The van der Waals surface area contributed by atoms with Crippen molar-refractivity contribution >= 4 is 18.0 Å². The predicted molar refractivity (Wildman–Crippen MR) is 135 cm³/mol. The molecule has 2 fully saturated rings. The molecule has 1 amide bonds. The summed E-state index contributed by atoms with van der Waals surface area (Å²) >= 11 is 0. The van der Waals surface area contributed by atoms with Gasteiger partial charge in [-0.2, -0.15) is 0 Å². The lowest BCUT2D eigenvalue weighted by atomic mass is 9.48. The van der Waals surface area contributed by atoms with Crippen molar-refractivity contribution in [2.45, 2.75) is 61.8 Å². The second kappa shape index (κ2) is 8.18. The van der Waals surface area contributed by atoms with Crippen molar-refractivity contribution in [3.8, 4) is 11.5 Å². The Morgan fingerprint density at radius 3 is 2.72 bits per heavy atom. The number of amides is 1. The Hall–Kier alpha value is -3.16. The summed E-state index contributed by atoms with van der Waals surface area (Å²) in [6.45, 7) is 2.20. The molecule has 0 aromatic heterocycles. The monoisotopic (exact) mass is 488 g/mol. The Morgan fingerprint density at radius 2 is 1.97 bits per heavy atom. The second-order valence-electron chi connectivity index (χ2n) is 10.7. The van der Waals surface area contributed by atoms with Crippen LogP contribution in [0.3, 0.4) is 0 Å². The molecule has 2 aliphatic carbocycles. The number of carbonyl (C=O) groups is 2. The predicted octanol–water partition coefficient (Wildman–Crippen LogP) is 2.94. The molecule has 188 valence electrons. The van der Waals surface area contributed by atoms with Gasteiger partial charge in [0.05, 0.1) is 17.1 Å². The summed E-state index contributed by atoms with van der Waals surface area (Å²) in [6.07, 6.45) is 5.62. The topological polar surface area (TPSA) is 79.3 Å². The number of ether oxygens (including phenoxy) is 2. The van der Waals surface area contributed by atoms with Crippen LogP contribution in [0, 0.1) is 0 Å². The molecule has 1 spiro atoms. The number of piperidine rings is 1. The average molecular weight is 489 g/mol. The normalized spacial score (nSPS) is 32.1. The fourth-order valence-electron chi connectivity index (χ4n) is 7.36. The van der Waals surface area contributed by atoms with Crippen LogP contribution < -0.4 is 9.47 Å². The minimum Gasteiger partial charge on any atom is -0.483 e. The van der Waals surface area contributed by atoms with Crippen LogP contribution in [0.15, 0.2) is 48.5 Å². The number of nitrogens with zero attached hydrogens (tertiary/aromatic N) is 2. The quantitative estimate of drug-likeness (QED) is 0.405. The summed E-state index contributed by atoms with van der Waals surface area (Å²) in [7, 11) is 3.90. The van der Waals surface area contributed by atoms with E-state index in [1.54, 1.807) is 17.0 Å². The maximum atomic E-state index is 13.3. The SMILES string of the molecule is CC(=O)Oc1ccc2c3c1OC1C(N(C)C(=O)/C=C/c4ccccc4)CC[C@@]4(O)[C@@H](C2)N(C)CC[C@]314. The number of rotatable bonds is 4. The molecule has 2 aliphatic heterocycles. The number of esters is 1. The van der Waals surface area contributed by atoms with E-state index in [0.717, 1.165) is 23.2 Å². The highest BCUT2D eigenvalue weighted by Gasteiger charge is 2.73. The van der Waals surface area contributed by atoms with Gasteiger partial charge in [-0.15, -0.1) is 0 Å². The van der Waals surface area contributed by atoms with Crippen molar-refractivity contribution in [3.05, 3.63) is 65.2 Å². The number of hydrogen-bond donors (Lipinski definition) is 1. The summed E-state index contributed by atoms with van der Waals surface area (Å²) in [5.74, 6) is 0.429. The van der Waals surface area contributed by atoms with Crippen LogP contribution in [0.4, 0.5) is 0 Å². The van der Waals surface area contributed by atoms with Gasteiger partial charge in [-0.3, -0.25) is 9.59 Å². The molecule has 1 saturated heterocycles. The molecule has 36 heavy (non-hydrogen) atoms. The Kier molecular flexibility index (Phi) is 5.28. The zero-order valence-electron chi connectivity index (χ0n) is 20.9. The van der Waals surface area contributed by atoms with Gasteiger partial charge < -0.3 is 24.4 Å². The first kappa shape index (κ1) is 23.3. The minimum atomic E-state index is -0.988. The molecule has 7 nitrogen and oxygen atoms in total. The Labute approximate surface area is 211 Å². The van der Waals surface area contributed by atoms with Crippen molar-refractivity contribution in [1.82, 2.24) is 9.80 Å². The Bertz CT molecular complexity index is 1260. The van der Waals surface area contributed by atoms with Gasteiger partial charge in [-0.05, 0) is 62.5 Å². The highest BCUT2D eigenvalue weighted by Crippen LogP contribution is 2.65. The number of likely N-dealkylation sites (tertiary alicyclic amines) is 1. The van der Waals surface area contributed by atoms with Crippen molar-refractivity contribution in [1.29, 1.82) is 0 Å². The Balaban J connectivity index is 1.42. The van der Waals surface area contributed by atoms with Gasteiger partial charge in [0.25, 0.3) is 0 Å². The van der Waals surface area contributed by atoms with E-state index in [1.165, 1.54) is 6.92 Å². The van der Waals surface area contributed by atoms with E-state index in [-0.39, 0.29) is 18.0 Å². The van der Waals surface area contributed by atoms with Crippen LogP contribution >= 0.6 is 0 Å². The summed E-state index contributed by atoms with van der Waals surface area (Å²) in [5.41, 5.74) is 1.41. The molecule has 2 aromatic rings. The van der Waals surface area contributed by atoms with Gasteiger partial charge in [-0.25, -0.2) is 0 Å². The van der Waals surface area contributed by atoms with Gasteiger partial charge in [0.2, 0.25) is 5.91 Å². The van der Waals surface area contributed by atoms with Gasteiger partial charge in [0, 0.05) is 31.7 Å². The van der Waals surface area contributed by atoms with E-state index in [2.05, 4.69) is 11.9 Å². The summed E-state index contributed by atoms with van der Waals surface area (Å²) in [4.78, 5) is 29.2. The van der Waals surface area contributed by atoms with Crippen LogP contribution in [-0.2, 0) is 21.4 Å². The second-order valence-corrected chi connectivity index (χ2v) is 10.7. The first-order chi connectivity index (χ1) is 17.3. The van der Waals surface area contributed by atoms with E-state index in [4.69, 9.17) is 9.47 Å². The van der Waals surface area contributed by atoms with Gasteiger partial charge in [0.1, 0.15) is 6.10 Å². The Morgan fingerprint density at radius 1 is 1.19 bits per heavy atom. The van der Waals surface area contributed by atoms with Crippen LogP contribution in [0.1, 0.15) is 42.9 Å². The standard InChI is InChI=1S/C29H32N2O5/c1-18(32)35-22-11-10-20-17-23-29(34)14-13-21(31(3)24(33)12-9-19-7-5-4-6-8-19)27-28(29,15-16-30(23)2)25(20)26(22)36-27/h4-12,21,23,27,34H,13-17H2,1-3H3/b12-9+/t21?,23-,27?,28+,29-/m1/s1. The van der Waals surface area contributed by atoms with Gasteiger partial charge in [0.15, 0.2) is 11.5 Å². The third-order valence-electron chi connectivity index (χ3n) is 9.00. The molecule has 2 aromatic carbocycles. The number of aliphatic hydroxyl groups is 1. The van der Waals surface area contributed by atoms with Crippen LogP contribution in [0.5, 0.6) is 11.5 Å². The molecule has 6 rings (SSSR count). The lowest BCUT2D eigenvalue weighted by Gasteiger charge is -2.64. The third kappa shape index (κ3) is 3.12. The molecule has 1 N–H and O–H groups in total. The first-order valence-corrected chi connectivity index (χ1v) is 12.7. The van der Waals surface area contributed by atoms with Crippen molar-refractivity contribution in [2.75, 3.05) is 20.6 Å².